The third-order valence-electron chi connectivity index (χ3n) is 3.09. The Balaban J connectivity index is 1.70. The van der Waals surface area contributed by atoms with Crippen LogP contribution in [-0.4, -0.2) is 43.0 Å². The van der Waals surface area contributed by atoms with E-state index in [-0.39, 0.29) is 24.8 Å². The highest BCUT2D eigenvalue weighted by Gasteiger charge is 2.18. The number of rotatable bonds is 5. The van der Waals surface area contributed by atoms with Crippen molar-refractivity contribution in [3.63, 3.8) is 0 Å². The van der Waals surface area contributed by atoms with Crippen molar-refractivity contribution in [3.05, 3.63) is 30.1 Å². The lowest BCUT2D eigenvalue weighted by atomic mass is 10.3. The van der Waals surface area contributed by atoms with Crippen molar-refractivity contribution in [2.75, 3.05) is 26.2 Å². The number of hydrogen-bond acceptors (Lipinski definition) is 3. The summed E-state index contributed by atoms with van der Waals surface area (Å²) in [6.07, 6.45) is 2.02. The third-order valence-corrected chi connectivity index (χ3v) is 3.09. The number of ether oxygens (including phenoxy) is 1. The van der Waals surface area contributed by atoms with E-state index in [0.29, 0.717) is 0 Å². The van der Waals surface area contributed by atoms with E-state index < -0.39 is 11.7 Å². The lowest BCUT2D eigenvalue weighted by molar-refractivity contribution is -0.132. The average molecular weight is 280 g/mol. The van der Waals surface area contributed by atoms with E-state index in [9.17, 15) is 14.0 Å². The highest BCUT2D eigenvalue weighted by atomic mass is 19.1. The number of benzene rings is 1. The van der Waals surface area contributed by atoms with Gasteiger partial charge in [-0.1, -0.05) is 12.1 Å². The minimum atomic E-state index is -0.520. The molecule has 1 fully saturated rings. The molecule has 6 heteroatoms. The van der Waals surface area contributed by atoms with Crippen molar-refractivity contribution in [2.45, 2.75) is 12.8 Å². The van der Waals surface area contributed by atoms with Gasteiger partial charge in [-0.2, -0.15) is 0 Å². The third kappa shape index (κ3) is 3.94. The number of amides is 2. The summed E-state index contributed by atoms with van der Waals surface area (Å²) in [7, 11) is 0. The van der Waals surface area contributed by atoms with Crippen LogP contribution in [0.2, 0.25) is 0 Å². The molecule has 0 saturated carbocycles. The number of carbonyl (C=O) groups is 2. The zero-order valence-corrected chi connectivity index (χ0v) is 11.1. The van der Waals surface area contributed by atoms with Crippen LogP contribution in [0.4, 0.5) is 4.39 Å². The maximum absolute atomic E-state index is 13.2. The molecule has 1 aromatic rings. The van der Waals surface area contributed by atoms with E-state index in [1.807, 2.05) is 0 Å². The summed E-state index contributed by atoms with van der Waals surface area (Å²) >= 11 is 0. The Morgan fingerprint density at radius 2 is 1.95 bits per heavy atom. The van der Waals surface area contributed by atoms with Crippen LogP contribution < -0.4 is 10.1 Å². The van der Waals surface area contributed by atoms with Gasteiger partial charge in [-0.15, -0.1) is 0 Å². The zero-order valence-electron chi connectivity index (χ0n) is 11.1. The summed E-state index contributed by atoms with van der Waals surface area (Å²) in [4.78, 5) is 24.9. The van der Waals surface area contributed by atoms with Crippen molar-refractivity contribution < 1.29 is 18.7 Å². The van der Waals surface area contributed by atoms with E-state index >= 15 is 0 Å². The van der Waals surface area contributed by atoms with Gasteiger partial charge in [-0.05, 0) is 25.0 Å². The van der Waals surface area contributed by atoms with E-state index in [1.165, 1.54) is 18.2 Å². The molecule has 0 aliphatic carbocycles. The molecule has 1 aliphatic heterocycles. The number of likely N-dealkylation sites (tertiary alicyclic amines) is 1. The van der Waals surface area contributed by atoms with Crippen molar-refractivity contribution in [2.24, 2.45) is 0 Å². The van der Waals surface area contributed by atoms with Crippen LogP contribution >= 0.6 is 0 Å². The Hall–Kier alpha value is -2.11. The number of nitrogens with one attached hydrogen (secondary N) is 1. The number of carbonyl (C=O) groups excluding carboxylic acids is 2. The molecule has 1 aliphatic rings. The van der Waals surface area contributed by atoms with Gasteiger partial charge in [-0.25, -0.2) is 4.39 Å². The van der Waals surface area contributed by atoms with Crippen LogP contribution in [-0.2, 0) is 9.59 Å². The lowest BCUT2D eigenvalue weighted by Crippen LogP contribution is -2.40. The Morgan fingerprint density at radius 1 is 1.25 bits per heavy atom. The Kier molecular flexibility index (Phi) is 4.92. The molecule has 2 amide bonds. The quantitative estimate of drug-likeness (QED) is 0.873. The van der Waals surface area contributed by atoms with Crippen LogP contribution in [0, 0.1) is 5.82 Å². The summed E-state index contributed by atoms with van der Waals surface area (Å²) in [6.45, 7) is 1.15. The van der Waals surface area contributed by atoms with Gasteiger partial charge < -0.3 is 15.0 Å². The van der Waals surface area contributed by atoms with Gasteiger partial charge in [0.15, 0.2) is 18.2 Å². The first-order chi connectivity index (χ1) is 9.66. The monoisotopic (exact) mass is 280 g/mol. The second kappa shape index (κ2) is 6.88. The number of halogens is 1. The molecular weight excluding hydrogens is 263 g/mol. The molecule has 2 rings (SSSR count). The van der Waals surface area contributed by atoms with Gasteiger partial charge in [0.05, 0.1) is 6.54 Å². The van der Waals surface area contributed by atoms with E-state index in [2.05, 4.69) is 5.32 Å². The molecule has 0 radical (unpaired) electrons. The first kappa shape index (κ1) is 14.3. The fourth-order valence-corrected chi connectivity index (χ4v) is 2.01. The average Bonchev–Trinajstić information content (AvgIpc) is 2.98. The SMILES string of the molecule is O=C(COc1ccccc1F)NCC(=O)N1CCCC1. The maximum Gasteiger partial charge on any atom is 0.258 e. The van der Waals surface area contributed by atoms with Crippen molar-refractivity contribution in [1.82, 2.24) is 10.2 Å². The number of nitrogens with zero attached hydrogens (tertiary/aromatic N) is 1. The summed E-state index contributed by atoms with van der Waals surface area (Å²) in [5.41, 5.74) is 0. The van der Waals surface area contributed by atoms with Crippen molar-refractivity contribution in [3.8, 4) is 5.75 Å². The molecule has 5 nitrogen and oxygen atoms in total. The smallest absolute Gasteiger partial charge is 0.258 e. The maximum atomic E-state index is 13.2. The largest absolute Gasteiger partial charge is 0.481 e. The summed E-state index contributed by atoms with van der Waals surface area (Å²) in [5, 5.41) is 2.47. The molecular formula is C14H17FN2O3. The predicted molar refractivity (Wildman–Crippen MR) is 70.7 cm³/mol. The Bertz CT molecular complexity index is 487. The molecule has 20 heavy (non-hydrogen) atoms. The molecule has 0 aromatic heterocycles. The first-order valence-corrected chi connectivity index (χ1v) is 6.58. The molecule has 0 atom stereocenters. The van der Waals surface area contributed by atoms with Crippen LogP contribution in [0.15, 0.2) is 24.3 Å². The second-order valence-electron chi connectivity index (χ2n) is 4.58. The summed E-state index contributed by atoms with van der Waals surface area (Å²) < 4.78 is 18.3. The molecule has 0 spiro atoms. The number of para-hydroxylation sites is 1. The van der Waals surface area contributed by atoms with Gasteiger partial charge in [0.25, 0.3) is 5.91 Å². The van der Waals surface area contributed by atoms with E-state index in [1.54, 1.807) is 11.0 Å². The molecule has 1 saturated heterocycles. The molecule has 0 unspecified atom stereocenters. The van der Waals surface area contributed by atoms with Crippen LogP contribution in [0.1, 0.15) is 12.8 Å². The number of hydrogen-bond donors (Lipinski definition) is 1. The second-order valence-corrected chi connectivity index (χ2v) is 4.58. The lowest BCUT2D eigenvalue weighted by Gasteiger charge is -2.15. The fraction of sp³-hybridized carbons (Fsp3) is 0.429. The van der Waals surface area contributed by atoms with Gasteiger partial charge in [0, 0.05) is 13.1 Å². The minimum absolute atomic E-state index is 0.0218. The zero-order chi connectivity index (χ0) is 14.4. The van der Waals surface area contributed by atoms with Crippen molar-refractivity contribution in [1.29, 1.82) is 0 Å². The first-order valence-electron chi connectivity index (χ1n) is 6.58. The Morgan fingerprint density at radius 3 is 2.65 bits per heavy atom. The molecule has 1 aromatic carbocycles. The van der Waals surface area contributed by atoms with Crippen molar-refractivity contribution >= 4 is 11.8 Å². The van der Waals surface area contributed by atoms with Gasteiger partial charge in [0.1, 0.15) is 0 Å². The topological polar surface area (TPSA) is 58.6 Å². The van der Waals surface area contributed by atoms with Crippen LogP contribution in [0.5, 0.6) is 5.75 Å². The molecule has 1 N–H and O–H groups in total. The van der Waals surface area contributed by atoms with Crippen LogP contribution in [0.3, 0.4) is 0 Å². The van der Waals surface area contributed by atoms with Gasteiger partial charge in [-0.3, -0.25) is 9.59 Å². The van der Waals surface area contributed by atoms with E-state index in [0.717, 1.165) is 25.9 Å². The van der Waals surface area contributed by atoms with Gasteiger partial charge in [0.2, 0.25) is 5.91 Å². The van der Waals surface area contributed by atoms with Crippen LogP contribution in [0.25, 0.3) is 0 Å². The normalized spacial score (nSPS) is 14.2. The highest BCUT2D eigenvalue weighted by Crippen LogP contribution is 2.14. The highest BCUT2D eigenvalue weighted by molar-refractivity contribution is 5.85. The summed E-state index contributed by atoms with van der Waals surface area (Å²) in [5.74, 6) is -1.04. The molecule has 1 heterocycles. The Labute approximate surface area is 116 Å². The minimum Gasteiger partial charge on any atom is -0.481 e. The van der Waals surface area contributed by atoms with E-state index in [4.69, 9.17) is 4.74 Å². The molecule has 108 valence electrons. The fourth-order valence-electron chi connectivity index (χ4n) is 2.01. The van der Waals surface area contributed by atoms with Gasteiger partial charge >= 0.3 is 0 Å². The standard InChI is InChI=1S/C14H17FN2O3/c15-11-5-1-2-6-12(11)20-10-13(18)16-9-14(19)17-7-3-4-8-17/h1-2,5-6H,3-4,7-10H2,(H,16,18). The summed E-state index contributed by atoms with van der Waals surface area (Å²) in [6, 6.07) is 5.85. The molecule has 0 bridgehead atoms. The predicted octanol–water partition coefficient (Wildman–Crippen LogP) is 0.943.